The molecule has 0 saturated heterocycles. The van der Waals surface area contributed by atoms with E-state index in [2.05, 4.69) is 10.6 Å². The molecule has 7 nitrogen and oxygen atoms in total. The number of amides is 1. The molecule has 3 aromatic rings. The molecule has 1 N–H and O–H groups in total. The van der Waals surface area contributed by atoms with Crippen LogP contribution in [0.25, 0.3) is 11.0 Å². The summed E-state index contributed by atoms with van der Waals surface area (Å²) in [6.07, 6.45) is 1.37. The van der Waals surface area contributed by atoms with Gasteiger partial charge in [-0.2, -0.15) is 0 Å². The van der Waals surface area contributed by atoms with Gasteiger partial charge < -0.3 is 18.8 Å². The number of rotatable bonds is 5. The van der Waals surface area contributed by atoms with E-state index >= 15 is 0 Å². The maximum atomic E-state index is 12.7. The van der Waals surface area contributed by atoms with E-state index in [1.54, 1.807) is 26.2 Å². The lowest BCUT2D eigenvalue weighted by Gasteiger charge is -2.14. The summed E-state index contributed by atoms with van der Waals surface area (Å²) in [5.74, 6) is 3.95. The Morgan fingerprint density at radius 1 is 1.23 bits per heavy atom. The van der Waals surface area contributed by atoms with Crippen LogP contribution >= 0.6 is 0 Å². The number of benzene rings is 2. The highest BCUT2D eigenvalue weighted by molar-refractivity contribution is 8.00. The monoisotopic (exact) mass is 442 g/mol. The highest BCUT2D eigenvalue weighted by Crippen LogP contribution is 2.29. The van der Waals surface area contributed by atoms with Gasteiger partial charge in [-0.15, -0.1) is 0 Å². The van der Waals surface area contributed by atoms with E-state index in [1.165, 1.54) is 11.2 Å². The van der Waals surface area contributed by atoms with Crippen molar-refractivity contribution in [3.8, 4) is 5.75 Å². The van der Waals surface area contributed by atoms with Crippen LogP contribution in [0.3, 0.4) is 0 Å². The molecule has 1 atom stereocenters. The van der Waals surface area contributed by atoms with E-state index in [0.29, 0.717) is 29.0 Å². The zero-order valence-corrected chi connectivity index (χ0v) is 19.1. The smallest absolute Gasteiger partial charge is 0.414 e. The van der Waals surface area contributed by atoms with Crippen molar-refractivity contribution in [2.75, 3.05) is 25.1 Å². The van der Waals surface area contributed by atoms with Crippen LogP contribution in [0.2, 0.25) is 0 Å². The van der Waals surface area contributed by atoms with Gasteiger partial charge in [0.25, 0.3) is 0 Å². The number of carbonyl (C=O) groups is 1. The van der Waals surface area contributed by atoms with Gasteiger partial charge in [-0.1, -0.05) is 12.1 Å². The topological polar surface area (TPSA) is 88.8 Å². The van der Waals surface area contributed by atoms with E-state index in [-0.39, 0.29) is 0 Å². The summed E-state index contributed by atoms with van der Waals surface area (Å²) in [7, 11) is 0.782. The standard InChI is InChI=1S/C23H26N2O5S/c1-14-10-18-15(2)19(12-16-8-7-9-17(11-16)24-31(5,6)28)22(26)29-21(18)13-20(14)30-23(27)25(3)4/h7-11,13H,5,12H2,1-4,6H3,(H,24,28). The molecule has 8 heteroatoms. The summed E-state index contributed by atoms with van der Waals surface area (Å²) in [6, 6.07) is 10.8. The number of hydrogen-bond donors (Lipinski definition) is 1. The van der Waals surface area contributed by atoms with Crippen LogP contribution in [0.5, 0.6) is 5.75 Å². The largest absolute Gasteiger partial charge is 0.422 e. The molecule has 2 aromatic carbocycles. The summed E-state index contributed by atoms with van der Waals surface area (Å²) in [5, 5.41) is 0.778. The molecule has 164 valence electrons. The van der Waals surface area contributed by atoms with Crippen molar-refractivity contribution in [3.05, 3.63) is 69.1 Å². The van der Waals surface area contributed by atoms with Crippen molar-refractivity contribution < 1.29 is 18.2 Å². The van der Waals surface area contributed by atoms with Gasteiger partial charge in [0, 0.05) is 59.2 Å². The quantitative estimate of drug-likeness (QED) is 0.480. The minimum absolute atomic E-state index is 0.344. The molecule has 1 amide bonds. The van der Waals surface area contributed by atoms with Crippen molar-refractivity contribution in [2.24, 2.45) is 0 Å². The Morgan fingerprint density at radius 3 is 2.58 bits per heavy atom. The molecule has 0 aliphatic heterocycles. The molecule has 1 aromatic heterocycles. The minimum atomic E-state index is -2.40. The number of aryl methyl sites for hydroxylation is 2. The van der Waals surface area contributed by atoms with Gasteiger partial charge in [0.15, 0.2) is 0 Å². The van der Waals surface area contributed by atoms with Crippen molar-refractivity contribution in [1.29, 1.82) is 0 Å². The Labute approximate surface area is 181 Å². The molecule has 0 aliphatic rings. The second-order valence-corrected chi connectivity index (χ2v) is 10.1. The number of ether oxygens (including phenoxy) is 1. The first kappa shape index (κ1) is 22.4. The Hall–Kier alpha value is -3.26. The van der Waals surface area contributed by atoms with E-state index in [0.717, 1.165) is 22.1 Å². The van der Waals surface area contributed by atoms with Gasteiger partial charge in [-0.05, 0) is 54.6 Å². The van der Waals surface area contributed by atoms with Crippen LogP contribution in [0.15, 0.2) is 45.6 Å². The summed E-state index contributed by atoms with van der Waals surface area (Å²) in [5.41, 5.74) is 3.54. The number of fused-ring (bicyclic) bond motifs is 1. The SMILES string of the molecule is C=S(C)(=O)Nc1cccc(Cc2c(C)c3cc(C)c(OC(=O)N(C)C)cc3oc2=O)c1. The average molecular weight is 443 g/mol. The molecule has 0 bridgehead atoms. The molecule has 0 aliphatic carbocycles. The average Bonchev–Trinajstić information content (AvgIpc) is 2.65. The van der Waals surface area contributed by atoms with Gasteiger partial charge in [-0.25, -0.2) is 13.8 Å². The van der Waals surface area contributed by atoms with Crippen molar-refractivity contribution in [3.63, 3.8) is 0 Å². The zero-order valence-electron chi connectivity index (χ0n) is 18.3. The van der Waals surface area contributed by atoms with E-state index in [4.69, 9.17) is 9.15 Å². The molecule has 0 spiro atoms. The number of nitrogens with zero attached hydrogens (tertiary/aromatic N) is 1. The molecular weight excluding hydrogens is 416 g/mol. The van der Waals surface area contributed by atoms with Crippen molar-refractivity contribution in [1.82, 2.24) is 4.90 Å². The first-order valence-electron chi connectivity index (χ1n) is 9.59. The Balaban J connectivity index is 2.00. The van der Waals surface area contributed by atoms with Crippen LogP contribution in [-0.2, 0) is 16.1 Å². The van der Waals surface area contributed by atoms with Crippen LogP contribution in [0.4, 0.5) is 10.5 Å². The second kappa shape index (κ2) is 8.47. The van der Waals surface area contributed by atoms with Crippen molar-refractivity contribution >= 4 is 38.3 Å². The first-order chi connectivity index (χ1) is 14.4. The Morgan fingerprint density at radius 2 is 1.94 bits per heavy atom. The van der Waals surface area contributed by atoms with Crippen molar-refractivity contribution in [2.45, 2.75) is 20.3 Å². The Bertz CT molecular complexity index is 1320. The van der Waals surface area contributed by atoms with E-state index < -0.39 is 21.4 Å². The fourth-order valence-corrected chi connectivity index (χ4v) is 3.85. The van der Waals surface area contributed by atoms with Gasteiger partial charge in [-0.3, -0.25) is 0 Å². The molecule has 31 heavy (non-hydrogen) atoms. The lowest BCUT2D eigenvalue weighted by molar-refractivity contribution is 0.171. The number of hydrogen-bond acceptors (Lipinski definition) is 5. The molecule has 1 unspecified atom stereocenters. The van der Waals surface area contributed by atoms with Gasteiger partial charge in [0.2, 0.25) is 0 Å². The minimum Gasteiger partial charge on any atom is -0.422 e. The predicted octanol–water partition coefficient (Wildman–Crippen LogP) is 3.73. The first-order valence-corrected chi connectivity index (χ1v) is 11.7. The molecule has 0 saturated carbocycles. The Kier molecular flexibility index (Phi) is 6.13. The fraction of sp³-hybridized carbons (Fsp3) is 0.261. The highest BCUT2D eigenvalue weighted by atomic mass is 32.2. The molecular formula is C23H26N2O5S. The van der Waals surface area contributed by atoms with Gasteiger partial charge in [0.1, 0.15) is 11.3 Å². The summed E-state index contributed by atoms with van der Waals surface area (Å²) >= 11 is 0. The predicted molar refractivity (Wildman–Crippen MR) is 126 cm³/mol. The molecule has 0 fully saturated rings. The highest BCUT2D eigenvalue weighted by Gasteiger charge is 2.16. The summed E-state index contributed by atoms with van der Waals surface area (Å²) in [4.78, 5) is 26.0. The lowest BCUT2D eigenvalue weighted by atomic mass is 9.98. The third-order valence-electron chi connectivity index (χ3n) is 4.79. The van der Waals surface area contributed by atoms with E-state index in [9.17, 15) is 13.8 Å². The number of carbonyl (C=O) groups excluding carboxylic acids is 1. The van der Waals surface area contributed by atoms with Gasteiger partial charge in [0.05, 0.1) is 0 Å². The van der Waals surface area contributed by atoms with Crippen LogP contribution in [0, 0.1) is 13.8 Å². The normalized spacial score (nSPS) is 12.9. The van der Waals surface area contributed by atoms with Crippen LogP contribution in [-0.4, -0.2) is 41.4 Å². The number of anilines is 1. The maximum absolute atomic E-state index is 12.7. The van der Waals surface area contributed by atoms with Gasteiger partial charge >= 0.3 is 11.7 Å². The lowest BCUT2D eigenvalue weighted by Crippen LogP contribution is -2.25. The molecule has 0 radical (unpaired) electrons. The number of nitrogens with one attached hydrogen (secondary N) is 1. The maximum Gasteiger partial charge on any atom is 0.414 e. The van der Waals surface area contributed by atoms with E-state index in [1.807, 2.05) is 38.1 Å². The molecule has 3 rings (SSSR count). The fourth-order valence-electron chi connectivity index (χ4n) is 3.22. The summed E-state index contributed by atoms with van der Waals surface area (Å²) < 4.78 is 25.7. The third-order valence-corrected chi connectivity index (χ3v) is 5.45. The third kappa shape index (κ3) is 5.27. The zero-order chi connectivity index (χ0) is 22.9. The second-order valence-electron chi connectivity index (χ2n) is 7.85. The van der Waals surface area contributed by atoms with Crippen LogP contribution < -0.4 is 15.1 Å². The molecule has 1 heterocycles. The van der Waals surface area contributed by atoms with Crippen LogP contribution in [0.1, 0.15) is 22.3 Å². The summed E-state index contributed by atoms with van der Waals surface area (Å²) in [6.45, 7) is 3.70.